The van der Waals surface area contributed by atoms with Crippen molar-refractivity contribution in [3.63, 3.8) is 0 Å². The third-order valence-corrected chi connectivity index (χ3v) is 5.20. The van der Waals surface area contributed by atoms with Gasteiger partial charge in [-0.15, -0.1) is 0 Å². The molecule has 0 bridgehead atoms. The average molecular weight is 315 g/mol. The first-order chi connectivity index (χ1) is 8.83. The number of aliphatic hydroxyl groups excluding tert-OH is 1. The Labute approximate surface area is 113 Å². The summed E-state index contributed by atoms with van der Waals surface area (Å²) >= 11 is 0.736. The van der Waals surface area contributed by atoms with Gasteiger partial charge in [0.1, 0.15) is 9.90 Å². The highest BCUT2D eigenvalue weighted by atomic mass is 32.2. The number of aromatic nitrogens is 1. The predicted molar refractivity (Wildman–Crippen MR) is 69.6 cm³/mol. The number of nitrogens with zero attached hydrogens (tertiary/aromatic N) is 2. The summed E-state index contributed by atoms with van der Waals surface area (Å²) < 4.78 is 52.5. The summed E-state index contributed by atoms with van der Waals surface area (Å²) in [6.07, 6.45) is -2.66. The molecule has 0 unspecified atom stereocenters. The van der Waals surface area contributed by atoms with Crippen LogP contribution in [0.1, 0.15) is 6.92 Å². The number of sulfone groups is 1. The highest BCUT2D eigenvalue weighted by molar-refractivity contribution is 7.91. The molecular formula is C9H15F2N3O3S2. The lowest BCUT2D eigenvalue weighted by molar-refractivity contribution is 0.153. The van der Waals surface area contributed by atoms with Crippen LogP contribution in [0.25, 0.3) is 0 Å². The number of nitrogens with two attached hydrogens (primary N) is 1. The van der Waals surface area contributed by atoms with E-state index in [4.69, 9.17) is 10.8 Å². The second-order valence-corrected chi connectivity index (χ2v) is 6.63. The normalized spacial score (nSPS) is 12.1. The van der Waals surface area contributed by atoms with E-state index in [1.54, 1.807) is 0 Å². The minimum atomic E-state index is -3.66. The highest BCUT2D eigenvalue weighted by Crippen LogP contribution is 2.35. The maximum Gasteiger partial charge on any atom is 0.255 e. The van der Waals surface area contributed by atoms with Gasteiger partial charge in [-0.1, -0.05) is 6.92 Å². The Morgan fingerprint density at radius 1 is 1.53 bits per heavy atom. The van der Waals surface area contributed by atoms with E-state index in [2.05, 4.69) is 4.37 Å². The van der Waals surface area contributed by atoms with E-state index in [9.17, 15) is 17.2 Å². The summed E-state index contributed by atoms with van der Waals surface area (Å²) in [6, 6.07) is 0. The van der Waals surface area contributed by atoms with Crippen molar-refractivity contribution in [1.82, 2.24) is 4.37 Å². The molecule has 0 aromatic carbocycles. The van der Waals surface area contributed by atoms with Gasteiger partial charge in [-0.2, -0.15) is 4.37 Å². The van der Waals surface area contributed by atoms with Crippen molar-refractivity contribution in [2.45, 2.75) is 18.2 Å². The van der Waals surface area contributed by atoms with Crippen LogP contribution in [0.2, 0.25) is 0 Å². The summed E-state index contributed by atoms with van der Waals surface area (Å²) in [4.78, 5) is 0.857. The van der Waals surface area contributed by atoms with Gasteiger partial charge in [-0.05, 0) is 11.5 Å². The molecule has 0 aliphatic heterocycles. The zero-order chi connectivity index (χ0) is 14.6. The molecule has 0 aliphatic rings. The van der Waals surface area contributed by atoms with Crippen LogP contribution in [0, 0.1) is 0 Å². The number of rotatable bonds is 7. The topological polar surface area (TPSA) is 96.5 Å². The molecule has 1 aromatic heterocycles. The molecule has 0 radical (unpaired) electrons. The van der Waals surface area contributed by atoms with Crippen LogP contribution in [0.4, 0.5) is 19.6 Å². The smallest absolute Gasteiger partial charge is 0.255 e. The molecule has 19 heavy (non-hydrogen) atoms. The van der Waals surface area contributed by atoms with Gasteiger partial charge >= 0.3 is 0 Å². The molecule has 1 rings (SSSR count). The van der Waals surface area contributed by atoms with E-state index in [-0.39, 0.29) is 34.6 Å². The Kier molecular flexibility index (Phi) is 5.44. The van der Waals surface area contributed by atoms with Gasteiger partial charge in [0.2, 0.25) is 0 Å². The van der Waals surface area contributed by atoms with E-state index in [1.807, 2.05) is 0 Å². The van der Waals surface area contributed by atoms with Gasteiger partial charge in [-0.25, -0.2) is 17.2 Å². The summed E-state index contributed by atoms with van der Waals surface area (Å²) in [5.74, 6) is -0.399. The standard InChI is InChI=1S/C9H15F2N3O3S2/c1-2-19(16,17)7-8(12)13-18-9(7)14(3-4-15)5-6(10)11/h6,15H,2-5H2,1H3,(H2,12,13). The quantitative estimate of drug-likeness (QED) is 0.764. The first kappa shape index (κ1) is 16.1. The van der Waals surface area contributed by atoms with Crippen molar-refractivity contribution >= 4 is 32.2 Å². The van der Waals surface area contributed by atoms with Crippen molar-refractivity contribution in [3.05, 3.63) is 0 Å². The van der Waals surface area contributed by atoms with E-state index in [1.165, 1.54) is 6.92 Å². The van der Waals surface area contributed by atoms with Crippen molar-refractivity contribution in [1.29, 1.82) is 0 Å². The maximum atomic E-state index is 12.5. The van der Waals surface area contributed by atoms with Crippen molar-refractivity contribution in [2.24, 2.45) is 0 Å². The highest BCUT2D eigenvalue weighted by Gasteiger charge is 2.28. The van der Waals surface area contributed by atoms with Crippen molar-refractivity contribution < 1.29 is 22.3 Å². The van der Waals surface area contributed by atoms with E-state index < -0.39 is 22.8 Å². The van der Waals surface area contributed by atoms with Crippen molar-refractivity contribution in [2.75, 3.05) is 36.1 Å². The first-order valence-corrected chi connectivity index (χ1v) is 7.87. The average Bonchev–Trinajstić information content (AvgIpc) is 2.70. The van der Waals surface area contributed by atoms with Gasteiger partial charge in [0.25, 0.3) is 6.43 Å². The van der Waals surface area contributed by atoms with Crippen LogP contribution in [0.15, 0.2) is 4.90 Å². The number of halogens is 2. The lowest BCUT2D eigenvalue weighted by Crippen LogP contribution is -2.32. The summed E-state index contributed by atoms with van der Waals surface area (Å²) in [7, 11) is -3.66. The number of nitrogen functional groups attached to an aromatic ring is 1. The van der Waals surface area contributed by atoms with Gasteiger partial charge in [0.05, 0.1) is 18.9 Å². The van der Waals surface area contributed by atoms with E-state index in [0.717, 1.165) is 16.4 Å². The summed E-state index contributed by atoms with van der Waals surface area (Å²) in [5, 5.41) is 8.94. The summed E-state index contributed by atoms with van der Waals surface area (Å²) in [6.45, 7) is 0.252. The van der Waals surface area contributed by atoms with Gasteiger partial charge in [-0.3, -0.25) is 0 Å². The number of alkyl halides is 2. The lowest BCUT2D eigenvalue weighted by atomic mass is 10.4. The van der Waals surface area contributed by atoms with Gasteiger partial charge in [0, 0.05) is 6.54 Å². The Bertz CT molecular complexity index is 519. The molecule has 10 heteroatoms. The molecule has 1 heterocycles. The molecular weight excluding hydrogens is 300 g/mol. The number of anilines is 2. The monoisotopic (exact) mass is 315 g/mol. The largest absolute Gasteiger partial charge is 0.395 e. The molecule has 3 N–H and O–H groups in total. The van der Waals surface area contributed by atoms with Crippen LogP contribution in [-0.4, -0.2) is 49.8 Å². The molecule has 0 fully saturated rings. The Balaban J connectivity index is 3.25. The molecule has 6 nitrogen and oxygen atoms in total. The second-order valence-electron chi connectivity index (χ2n) is 3.67. The van der Waals surface area contributed by atoms with Crippen LogP contribution >= 0.6 is 11.5 Å². The van der Waals surface area contributed by atoms with Crippen LogP contribution in [0.5, 0.6) is 0 Å². The molecule has 0 amide bonds. The lowest BCUT2D eigenvalue weighted by Gasteiger charge is -2.22. The zero-order valence-electron chi connectivity index (χ0n) is 10.2. The molecule has 0 aliphatic carbocycles. The van der Waals surface area contributed by atoms with E-state index >= 15 is 0 Å². The Morgan fingerprint density at radius 3 is 2.63 bits per heavy atom. The molecule has 0 atom stereocenters. The fourth-order valence-corrected chi connectivity index (χ4v) is 3.83. The van der Waals surface area contributed by atoms with Gasteiger partial charge in [0.15, 0.2) is 15.7 Å². The fourth-order valence-electron chi connectivity index (χ4n) is 1.49. The van der Waals surface area contributed by atoms with Crippen LogP contribution in [-0.2, 0) is 9.84 Å². The first-order valence-electron chi connectivity index (χ1n) is 5.45. The van der Waals surface area contributed by atoms with Crippen molar-refractivity contribution in [3.8, 4) is 0 Å². The summed E-state index contributed by atoms with van der Waals surface area (Å²) in [5.41, 5.74) is 5.51. The van der Waals surface area contributed by atoms with Crippen LogP contribution < -0.4 is 10.6 Å². The molecule has 0 saturated carbocycles. The number of hydrogen-bond donors (Lipinski definition) is 2. The molecule has 110 valence electrons. The van der Waals surface area contributed by atoms with Crippen LogP contribution in [0.3, 0.4) is 0 Å². The second kappa shape index (κ2) is 6.44. The van der Waals surface area contributed by atoms with Gasteiger partial charge < -0.3 is 15.7 Å². The molecule has 1 aromatic rings. The third-order valence-electron chi connectivity index (χ3n) is 2.36. The minimum Gasteiger partial charge on any atom is -0.395 e. The predicted octanol–water partition coefficient (Wildman–Crippen LogP) is 0.583. The molecule has 0 saturated heterocycles. The maximum absolute atomic E-state index is 12.5. The number of aliphatic hydroxyl groups is 1. The fraction of sp³-hybridized carbons (Fsp3) is 0.667. The Morgan fingerprint density at radius 2 is 2.16 bits per heavy atom. The Hall–Kier alpha value is -1.00. The van der Waals surface area contributed by atoms with E-state index in [0.29, 0.717) is 0 Å². The molecule has 0 spiro atoms. The minimum absolute atomic E-state index is 0.0497. The number of hydrogen-bond acceptors (Lipinski definition) is 7. The zero-order valence-corrected chi connectivity index (χ0v) is 11.8. The SMILES string of the molecule is CCS(=O)(=O)c1c(N)nsc1N(CCO)CC(F)F. The third kappa shape index (κ3) is 3.74.